The van der Waals surface area contributed by atoms with Crippen molar-refractivity contribution in [1.29, 1.82) is 0 Å². The summed E-state index contributed by atoms with van der Waals surface area (Å²) in [5.74, 6) is 0. The van der Waals surface area contributed by atoms with Crippen LogP contribution in [-0.2, 0) is 0 Å². The van der Waals surface area contributed by atoms with Crippen molar-refractivity contribution in [2.24, 2.45) is 0 Å². The normalized spacial score (nSPS) is 18.0. The molecule has 0 bridgehead atoms. The van der Waals surface area contributed by atoms with Crippen molar-refractivity contribution >= 4 is 0 Å². The average molecular weight is 211 g/mol. The molecule has 0 saturated carbocycles. The minimum absolute atomic E-state index is 0.917. The third kappa shape index (κ3) is 6.19. The summed E-state index contributed by atoms with van der Waals surface area (Å²) in [6.45, 7) is 7.37. The van der Waals surface area contributed by atoms with Crippen molar-refractivity contribution in [2.75, 3.05) is 13.1 Å². The van der Waals surface area contributed by atoms with E-state index in [1.807, 2.05) is 0 Å². The molecule has 1 heterocycles. The zero-order chi connectivity index (χ0) is 10.9. The summed E-state index contributed by atoms with van der Waals surface area (Å²) in [6, 6.07) is 0.917. The van der Waals surface area contributed by atoms with Crippen LogP contribution in [0.15, 0.2) is 0 Å². The molecule has 0 spiro atoms. The van der Waals surface area contributed by atoms with E-state index >= 15 is 0 Å². The van der Waals surface area contributed by atoms with Gasteiger partial charge in [-0.25, -0.2) is 0 Å². The van der Waals surface area contributed by atoms with Crippen LogP contribution in [-0.4, -0.2) is 24.0 Å². The smallest absolute Gasteiger partial charge is 0.0113 e. The SMILES string of the molecule is CCCCCCCCCC(CC)N1CC1. The predicted molar refractivity (Wildman–Crippen MR) is 68.3 cm³/mol. The van der Waals surface area contributed by atoms with Crippen LogP contribution in [0.3, 0.4) is 0 Å². The second-order valence-electron chi connectivity index (χ2n) is 5.01. The Morgan fingerprint density at radius 3 is 2.00 bits per heavy atom. The highest BCUT2D eigenvalue weighted by atomic mass is 15.3. The second-order valence-corrected chi connectivity index (χ2v) is 5.01. The number of unbranched alkanes of at least 4 members (excludes halogenated alkanes) is 6. The molecule has 15 heavy (non-hydrogen) atoms. The molecule has 90 valence electrons. The Labute approximate surface area is 96.2 Å². The van der Waals surface area contributed by atoms with Crippen LogP contribution in [0, 0.1) is 0 Å². The quantitative estimate of drug-likeness (QED) is 0.386. The van der Waals surface area contributed by atoms with Gasteiger partial charge in [-0.3, -0.25) is 4.90 Å². The molecule has 0 aromatic heterocycles. The molecule has 1 nitrogen and oxygen atoms in total. The maximum absolute atomic E-state index is 2.62. The molecule has 0 aromatic rings. The van der Waals surface area contributed by atoms with Crippen molar-refractivity contribution < 1.29 is 0 Å². The summed E-state index contributed by atoms with van der Waals surface area (Å²) in [5, 5.41) is 0. The lowest BCUT2D eigenvalue weighted by molar-refractivity contribution is 0.351. The fourth-order valence-corrected chi connectivity index (χ4v) is 2.40. The van der Waals surface area contributed by atoms with Gasteiger partial charge in [0.2, 0.25) is 0 Å². The van der Waals surface area contributed by atoms with Gasteiger partial charge in [0.05, 0.1) is 0 Å². The van der Waals surface area contributed by atoms with E-state index in [0.29, 0.717) is 0 Å². The molecule has 0 N–H and O–H groups in total. The van der Waals surface area contributed by atoms with Gasteiger partial charge >= 0.3 is 0 Å². The molecule has 1 fully saturated rings. The molecule has 1 aliphatic rings. The Balaban J connectivity index is 1.83. The number of nitrogens with zero attached hydrogens (tertiary/aromatic N) is 1. The third-order valence-corrected chi connectivity index (χ3v) is 3.61. The first-order chi connectivity index (χ1) is 7.38. The van der Waals surface area contributed by atoms with Gasteiger partial charge in [-0.05, 0) is 12.8 Å². The zero-order valence-corrected chi connectivity index (χ0v) is 10.8. The van der Waals surface area contributed by atoms with Crippen LogP contribution in [0.5, 0.6) is 0 Å². The van der Waals surface area contributed by atoms with Crippen LogP contribution in [0.25, 0.3) is 0 Å². The highest BCUT2D eigenvalue weighted by molar-refractivity contribution is 4.81. The van der Waals surface area contributed by atoms with Crippen LogP contribution >= 0.6 is 0 Å². The van der Waals surface area contributed by atoms with Crippen molar-refractivity contribution in [3.8, 4) is 0 Å². The van der Waals surface area contributed by atoms with E-state index in [1.54, 1.807) is 0 Å². The van der Waals surface area contributed by atoms with Crippen molar-refractivity contribution in [3.63, 3.8) is 0 Å². The van der Waals surface area contributed by atoms with Crippen LogP contribution in [0.1, 0.15) is 71.6 Å². The van der Waals surface area contributed by atoms with Crippen LogP contribution in [0.2, 0.25) is 0 Å². The highest BCUT2D eigenvalue weighted by Crippen LogP contribution is 2.19. The number of hydrogen-bond donors (Lipinski definition) is 0. The summed E-state index contributed by atoms with van der Waals surface area (Å²) in [7, 11) is 0. The maximum Gasteiger partial charge on any atom is 0.0113 e. The first-order valence-corrected chi connectivity index (χ1v) is 7.12. The highest BCUT2D eigenvalue weighted by Gasteiger charge is 2.24. The van der Waals surface area contributed by atoms with Gasteiger partial charge in [0, 0.05) is 19.1 Å². The summed E-state index contributed by atoms with van der Waals surface area (Å²) in [5.41, 5.74) is 0. The first-order valence-electron chi connectivity index (χ1n) is 7.12. The topological polar surface area (TPSA) is 3.01 Å². The number of hydrogen-bond acceptors (Lipinski definition) is 1. The van der Waals surface area contributed by atoms with Gasteiger partial charge in [-0.1, -0.05) is 58.8 Å². The van der Waals surface area contributed by atoms with Gasteiger partial charge < -0.3 is 0 Å². The van der Waals surface area contributed by atoms with E-state index in [9.17, 15) is 0 Å². The molecular weight excluding hydrogens is 182 g/mol. The summed E-state index contributed by atoms with van der Waals surface area (Å²) in [4.78, 5) is 2.62. The molecule has 0 aromatic carbocycles. The molecule has 1 unspecified atom stereocenters. The Hall–Kier alpha value is -0.0400. The monoisotopic (exact) mass is 211 g/mol. The predicted octanol–water partition coefficient (Wildman–Crippen LogP) is 4.22. The lowest BCUT2D eigenvalue weighted by atomic mass is 10.0. The van der Waals surface area contributed by atoms with E-state index in [1.165, 1.54) is 70.9 Å². The summed E-state index contributed by atoms with van der Waals surface area (Å²) < 4.78 is 0. The minimum Gasteiger partial charge on any atom is -0.298 e. The fourth-order valence-electron chi connectivity index (χ4n) is 2.40. The van der Waals surface area contributed by atoms with Gasteiger partial charge in [-0.15, -0.1) is 0 Å². The molecule has 1 atom stereocenters. The number of rotatable bonds is 10. The van der Waals surface area contributed by atoms with Gasteiger partial charge in [0.25, 0.3) is 0 Å². The van der Waals surface area contributed by atoms with Crippen molar-refractivity contribution in [3.05, 3.63) is 0 Å². The molecule has 1 aliphatic heterocycles. The second kappa shape index (κ2) is 8.15. The Morgan fingerprint density at radius 1 is 0.867 bits per heavy atom. The first kappa shape index (κ1) is 13.0. The Kier molecular flexibility index (Phi) is 7.08. The van der Waals surface area contributed by atoms with E-state index in [2.05, 4.69) is 18.7 Å². The molecular formula is C14H29N. The zero-order valence-electron chi connectivity index (χ0n) is 10.8. The van der Waals surface area contributed by atoms with Gasteiger partial charge in [0.15, 0.2) is 0 Å². The van der Waals surface area contributed by atoms with Crippen LogP contribution < -0.4 is 0 Å². The van der Waals surface area contributed by atoms with Crippen molar-refractivity contribution in [2.45, 2.75) is 77.7 Å². The molecule has 1 saturated heterocycles. The van der Waals surface area contributed by atoms with Crippen molar-refractivity contribution in [1.82, 2.24) is 4.90 Å². The fraction of sp³-hybridized carbons (Fsp3) is 1.00. The lowest BCUT2D eigenvalue weighted by Crippen LogP contribution is -2.17. The molecule has 1 rings (SSSR count). The third-order valence-electron chi connectivity index (χ3n) is 3.61. The Morgan fingerprint density at radius 2 is 1.47 bits per heavy atom. The lowest BCUT2D eigenvalue weighted by Gasteiger charge is -2.15. The summed E-state index contributed by atoms with van der Waals surface area (Å²) in [6.07, 6.45) is 12.9. The van der Waals surface area contributed by atoms with Gasteiger partial charge in [0.1, 0.15) is 0 Å². The van der Waals surface area contributed by atoms with E-state index in [0.717, 1.165) is 6.04 Å². The Bertz CT molecular complexity index is 140. The standard InChI is InChI=1S/C14H29N/c1-3-5-6-7-8-9-10-11-14(4-2)15-12-13-15/h14H,3-13H2,1-2H3. The molecule has 0 aliphatic carbocycles. The van der Waals surface area contributed by atoms with E-state index in [-0.39, 0.29) is 0 Å². The van der Waals surface area contributed by atoms with E-state index in [4.69, 9.17) is 0 Å². The molecule has 0 radical (unpaired) electrons. The molecule has 0 amide bonds. The van der Waals surface area contributed by atoms with Crippen LogP contribution in [0.4, 0.5) is 0 Å². The van der Waals surface area contributed by atoms with Gasteiger partial charge in [-0.2, -0.15) is 0 Å². The average Bonchev–Trinajstić information content (AvgIpc) is 3.06. The largest absolute Gasteiger partial charge is 0.298 e. The maximum atomic E-state index is 2.62. The van der Waals surface area contributed by atoms with E-state index < -0.39 is 0 Å². The molecule has 1 heteroatoms. The minimum atomic E-state index is 0.917. The summed E-state index contributed by atoms with van der Waals surface area (Å²) >= 11 is 0.